The number of nitrogens with two attached hydrogens (primary N) is 1. The maximum atomic E-state index is 12.6. The molecule has 0 amide bonds. The van der Waals surface area contributed by atoms with Gasteiger partial charge in [0.05, 0.1) is 10.1 Å². The fourth-order valence-electron chi connectivity index (χ4n) is 2.86. The smallest absolute Gasteiger partial charge is 0.182 e. The van der Waals surface area contributed by atoms with Crippen LogP contribution in [0.25, 0.3) is 0 Å². The highest BCUT2D eigenvalue weighted by molar-refractivity contribution is 7.92. The van der Waals surface area contributed by atoms with Crippen molar-refractivity contribution in [2.24, 2.45) is 11.7 Å². The second-order valence-corrected chi connectivity index (χ2v) is 7.20. The van der Waals surface area contributed by atoms with Gasteiger partial charge in [-0.1, -0.05) is 37.5 Å². The predicted octanol–water partition coefficient (Wildman–Crippen LogP) is 2.37. The molecule has 0 spiro atoms. The van der Waals surface area contributed by atoms with E-state index in [0.29, 0.717) is 4.90 Å². The highest BCUT2D eigenvalue weighted by Gasteiger charge is 2.34. The van der Waals surface area contributed by atoms with Crippen molar-refractivity contribution in [1.29, 1.82) is 0 Å². The molecule has 1 unspecified atom stereocenters. The first-order valence-corrected chi connectivity index (χ1v) is 8.20. The van der Waals surface area contributed by atoms with E-state index in [-0.39, 0.29) is 12.5 Å². The SMILES string of the molecule is NCC(C1CCCCC1)S(=O)(=O)c1ccccc1. The number of hydrogen-bond acceptors (Lipinski definition) is 3. The van der Waals surface area contributed by atoms with Gasteiger partial charge in [-0.15, -0.1) is 0 Å². The summed E-state index contributed by atoms with van der Waals surface area (Å²) in [4.78, 5) is 0.408. The molecule has 1 aromatic rings. The first kappa shape index (κ1) is 13.6. The van der Waals surface area contributed by atoms with Gasteiger partial charge in [-0.25, -0.2) is 8.42 Å². The Hall–Kier alpha value is -0.870. The summed E-state index contributed by atoms with van der Waals surface area (Å²) in [5, 5.41) is -0.416. The molecule has 1 fully saturated rings. The summed E-state index contributed by atoms with van der Waals surface area (Å²) in [6.45, 7) is 0.224. The van der Waals surface area contributed by atoms with Crippen LogP contribution in [0.2, 0.25) is 0 Å². The van der Waals surface area contributed by atoms with Crippen molar-refractivity contribution in [3.05, 3.63) is 30.3 Å². The molecule has 0 saturated heterocycles. The quantitative estimate of drug-likeness (QED) is 0.911. The summed E-state index contributed by atoms with van der Waals surface area (Å²) < 4.78 is 25.2. The predicted molar refractivity (Wildman–Crippen MR) is 73.0 cm³/mol. The van der Waals surface area contributed by atoms with E-state index in [4.69, 9.17) is 5.73 Å². The molecule has 0 aromatic heterocycles. The van der Waals surface area contributed by atoms with E-state index in [1.54, 1.807) is 24.3 Å². The molecule has 1 atom stereocenters. The zero-order chi connectivity index (χ0) is 13.0. The van der Waals surface area contributed by atoms with Gasteiger partial charge in [-0.3, -0.25) is 0 Å². The Bertz CT molecular complexity index is 464. The van der Waals surface area contributed by atoms with E-state index in [1.807, 2.05) is 6.07 Å². The van der Waals surface area contributed by atoms with Crippen molar-refractivity contribution in [2.75, 3.05) is 6.54 Å². The standard InChI is InChI=1S/C14H21NO2S/c15-11-14(12-7-3-1-4-8-12)18(16,17)13-9-5-2-6-10-13/h2,5-6,9-10,12,14H,1,3-4,7-8,11,15H2. The number of benzene rings is 1. The largest absolute Gasteiger partial charge is 0.329 e. The molecule has 0 radical (unpaired) electrons. The zero-order valence-electron chi connectivity index (χ0n) is 10.6. The number of hydrogen-bond donors (Lipinski definition) is 1. The summed E-state index contributed by atoms with van der Waals surface area (Å²) >= 11 is 0. The Kier molecular flexibility index (Phi) is 4.40. The lowest BCUT2D eigenvalue weighted by atomic mass is 9.87. The number of sulfone groups is 1. The maximum absolute atomic E-state index is 12.6. The van der Waals surface area contributed by atoms with Crippen LogP contribution in [-0.4, -0.2) is 20.2 Å². The molecular weight excluding hydrogens is 246 g/mol. The van der Waals surface area contributed by atoms with Gasteiger partial charge in [0.15, 0.2) is 9.84 Å². The molecule has 1 saturated carbocycles. The lowest BCUT2D eigenvalue weighted by molar-refractivity contribution is 0.342. The van der Waals surface area contributed by atoms with Gasteiger partial charge in [0, 0.05) is 6.54 Å². The van der Waals surface area contributed by atoms with E-state index in [1.165, 1.54) is 6.42 Å². The zero-order valence-corrected chi connectivity index (χ0v) is 11.4. The molecule has 1 aliphatic rings. The number of rotatable bonds is 4. The molecule has 0 bridgehead atoms. The Labute approximate surface area is 109 Å². The molecule has 100 valence electrons. The molecule has 18 heavy (non-hydrogen) atoms. The second kappa shape index (κ2) is 5.85. The molecule has 0 aliphatic heterocycles. The summed E-state index contributed by atoms with van der Waals surface area (Å²) in [5.41, 5.74) is 5.75. The fourth-order valence-corrected chi connectivity index (χ4v) is 4.78. The molecule has 2 N–H and O–H groups in total. The second-order valence-electron chi connectivity index (χ2n) is 5.03. The van der Waals surface area contributed by atoms with Crippen LogP contribution >= 0.6 is 0 Å². The molecule has 4 heteroatoms. The molecule has 1 aliphatic carbocycles. The third kappa shape index (κ3) is 2.75. The summed E-state index contributed by atoms with van der Waals surface area (Å²) in [5.74, 6) is 0.231. The first-order valence-electron chi connectivity index (χ1n) is 6.65. The van der Waals surface area contributed by atoms with Crippen LogP contribution in [0.4, 0.5) is 0 Å². The molecule has 1 aromatic carbocycles. The summed E-state index contributed by atoms with van der Waals surface area (Å²) in [7, 11) is -3.28. The van der Waals surface area contributed by atoms with Crippen molar-refractivity contribution in [3.63, 3.8) is 0 Å². The van der Waals surface area contributed by atoms with Gasteiger partial charge in [0.25, 0.3) is 0 Å². The van der Waals surface area contributed by atoms with Crippen molar-refractivity contribution in [3.8, 4) is 0 Å². The Morgan fingerprint density at radius 2 is 1.72 bits per heavy atom. The molecule has 0 heterocycles. The van der Waals surface area contributed by atoms with Crippen molar-refractivity contribution >= 4 is 9.84 Å². The van der Waals surface area contributed by atoms with Crippen LogP contribution in [0.1, 0.15) is 32.1 Å². The van der Waals surface area contributed by atoms with Crippen LogP contribution in [-0.2, 0) is 9.84 Å². The molecule has 2 rings (SSSR count). The fraction of sp³-hybridized carbons (Fsp3) is 0.571. The molecule has 3 nitrogen and oxygen atoms in total. The first-order chi connectivity index (χ1) is 8.66. The Morgan fingerprint density at radius 3 is 2.28 bits per heavy atom. The Balaban J connectivity index is 2.26. The van der Waals surface area contributed by atoms with Gasteiger partial charge in [-0.05, 0) is 30.9 Å². The lowest BCUT2D eigenvalue weighted by Crippen LogP contribution is -2.37. The summed E-state index contributed by atoms with van der Waals surface area (Å²) in [6, 6.07) is 8.70. The third-order valence-electron chi connectivity index (χ3n) is 3.88. The average molecular weight is 267 g/mol. The molecular formula is C14H21NO2S. The average Bonchev–Trinajstić information content (AvgIpc) is 2.41. The maximum Gasteiger partial charge on any atom is 0.182 e. The summed E-state index contributed by atoms with van der Waals surface area (Å²) in [6.07, 6.45) is 5.47. The van der Waals surface area contributed by atoms with Crippen LogP contribution in [0.3, 0.4) is 0 Å². The minimum Gasteiger partial charge on any atom is -0.329 e. The minimum absolute atomic E-state index is 0.224. The van der Waals surface area contributed by atoms with E-state index in [9.17, 15) is 8.42 Å². The highest BCUT2D eigenvalue weighted by Crippen LogP contribution is 2.32. The van der Waals surface area contributed by atoms with Crippen molar-refractivity contribution in [1.82, 2.24) is 0 Å². The topological polar surface area (TPSA) is 60.2 Å². The van der Waals surface area contributed by atoms with Crippen molar-refractivity contribution in [2.45, 2.75) is 42.2 Å². The normalized spacial score (nSPS) is 19.6. The van der Waals surface area contributed by atoms with E-state index in [0.717, 1.165) is 25.7 Å². The van der Waals surface area contributed by atoms with Gasteiger partial charge < -0.3 is 5.73 Å². The van der Waals surface area contributed by atoms with E-state index >= 15 is 0 Å². The van der Waals surface area contributed by atoms with Crippen LogP contribution in [0, 0.1) is 5.92 Å². The highest BCUT2D eigenvalue weighted by atomic mass is 32.2. The van der Waals surface area contributed by atoms with Gasteiger partial charge in [0.2, 0.25) is 0 Å². The minimum atomic E-state index is -3.28. The monoisotopic (exact) mass is 267 g/mol. The van der Waals surface area contributed by atoms with E-state index in [2.05, 4.69) is 0 Å². The Morgan fingerprint density at radius 1 is 1.11 bits per heavy atom. The van der Waals surface area contributed by atoms with Gasteiger partial charge >= 0.3 is 0 Å². The van der Waals surface area contributed by atoms with Gasteiger partial charge in [-0.2, -0.15) is 0 Å². The third-order valence-corrected chi connectivity index (χ3v) is 6.18. The van der Waals surface area contributed by atoms with Gasteiger partial charge in [0.1, 0.15) is 0 Å². The van der Waals surface area contributed by atoms with E-state index < -0.39 is 15.1 Å². The van der Waals surface area contributed by atoms with Crippen LogP contribution < -0.4 is 5.73 Å². The van der Waals surface area contributed by atoms with Crippen LogP contribution in [0.15, 0.2) is 35.2 Å². The van der Waals surface area contributed by atoms with Crippen molar-refractivity contribution < 1.29 is 8.42 Å². The van der Waals surface area contributed by atoms with Crippen LogP contribution in [0.5, 0.6) is 0 Å². The lowest BCUT2D eigenvalue weighted by Gasteiger charge is -2.29.